The molecule has 244 valence electrons. The van der Waals surface area contributed by atoms with Gasteiger partial charge in [0.15, 0.2) is 0 Å². The van der Waals surface area contributed by atoms with Crippen LogP contribution in [0.2, 0.25) is 0 Å². The molecule has 0 spiro atoms. The lowest BCUT2D eigenvalue weighted by atomic mass is 9.76. The van der Waals surface area contributed by atoms with E-state index in [0.29, 0.717) is 10.9 Å². The summed E-state index contributed by atoms with van der Waals surface area (Å²) in [5.41, 5.74) is 10.0. The fourth-order valence-electron chi connectivity index (χ4n) is 6.91. The molecule has 0 aliphatic heterocycles. The largest absolute Gasteiger partial charge is 0.495 e. The first-order valence-electron chi connectivity index (χ1n) is 17.2. The summed E-state index contributed by atoms with van der Waals surface area (Å²) >= 11 is 0. The molecule has 0 bridgehead atoms. The Morgan fingerprint density at radius 3 is 1.16 bits per heavy atom. The van der Waals surface area contributed by atoms with Gasteiger partial charge in [-0.25, -0.2) is 0 Å². The van der Waals surface area contributed by atoms with Crippen LogP contribution >= 0.6 is 0 Å². The number of rotatable bonds is 19. The van der Waals surface area contributed by atoms with Crippen molar-refractivity contribution in [2.24, 2.45) is 0 Å². The summed E-state index contributed by atoms with van der Waals surface area (Å²) in [5, 5.41) is 39.4. The fourth-order valence-corrected chi connectivity index (χ4v) is 6.91. The van der Waals surface area contributed by atoms with Gasteiger partial charge < -0.3 is 24.8 Å². The number of benzene rings is 3. The Hall–Kier alpha value is -2.57. The average Bonchev–Trinajstić information content (AvgIpc) is 2.98. The third-order valence-corrected chi connectivity index (χ3v) is 9.17. The smallest absolute Gasteiger partial charge is 0.488 e. The van der Waals surface area contributed by atoms with Crippen LogP contribution < -0.4 is 15.7 Å². The minimum Gasteiger partial charge on any atom is -0.495 e. The van der Waals surface area contributed by atoms with E-state index in [9.17, 15) is 20.1 Å². The molecule has 7 heteroatoms. The van der Waals surface area contributed by atoms with Gasteiger partial charge in [-0.2, -0.15) is 0 Å². The third-order valence-electron chi connectivity index (χ3n) is 9.17. The van der Waals surface area contributed by atoms with Crippen molar-refractivity contribution in [3.63, 3.8) is 0 Å². The number of hydrogen-bond donors (Lipinski definition) is 4. The van der Waals surface area contributed by atoms with Crippen LogP contribution in [0.5, 0.6) is 5.75 Å². The van der Waals surface area contributed by atoms with Gasteiger partial charge in [-0.1, -0.05) is 108 Å². The molecule has 0 unspecified atom stereocenters. The molecule has 0 aromatic heterocycles. The quantitative estimate of drug-likeness (QED) is 0.0844. The van der Waals surface area contributed by atoms with Gasteiger partial charge in [0, 0.05) is 11.1 Å². The van der Waals surface area contributed by atoms with Crippen molar-refractivity contribution in [2.45, 2.75) is 125 Å². The van der Waals surface area contributed by atoms with Gasteiger partial charge in [0.05, 0.1) is 7.11 Å². The Kier molecular flexibility index (Phi) is 15.2. The van der Waals surface area contributed by atoms with E-state index in [-0.39, 0.29) is 0 Å². The van der Waals surface area contributed by atoms with Gasteiger partial charge in [-0.3, -0.25) is 0 Å². The molecule has 0 radical (unpaired) electrons. The normalized spacial score (nSPS) is 11.2. The summed E-state index contributed by atoms with van der Waals surface area (Å²) in [6, 6.07) is 11.8. The Balaban J connectivity index is 1.83. The fraction of sp³-hybridized carbons (Fsp3) is 0.526. The monoisotopic (exact) mass is 614 g/mol. The zero-order valence-corrected chi connectivity index (χ0v) is 28.7. The van der Waals surface area contributed by atoms with E-state index in [0.717, 1.165) is 63.1 Å². The Morgan fingerprint density at radius 1 is 0.511 bits per heavy atom. The maximum Gasteiger partial charge on any atom is 0.488 e. The SMILES string of the molecule is CCCCCCCCCCCCCCCc1cc(-c2c(C)cc(B(O)O)cc2C)c(OC)c(-c2c(C)cc(B(O)O)cc2C)c1. The third kappa shape index (κ3) is 10.5. The molecule has 5 nitrogen and oxygen atoms in total. The van der Waals surface area contributed by atoms with Gasteiger partial charge in [0.25, 0.3) is 0 Å². The maximum absolute atomic E-state index is 9.84. The molecule has 4 N–H and O–H groups in total. The van der Waals surface area contributed by atoms with Crippen molar-refractivity contribution in [1.29, 1.82) is 0 Å². The van der Waals surface area contributed by atoms with Gasteiger partial charge in [0.2, 0.25) is 0 Å². The van der Waals surface area contributed by atoms with Crippen LogP contribution in [0.25, 0.3) is 22.3 Å². The molecule has 0 amide bonds. The summed E-state index contributed by atoms with van der Waals surface area (Å²) in [6.07, 6.45) is 18.2. The van der Waals surface area contributed by atoms with Crippen molar-refractivity contribution in [3.8, 4) is 28.0 Å². The Morgan fingerprint density at radius 2 is 0.844 bits per heavy atom. The second-order valence-corrected chi connectivity index (χ2v) is 13.0. The first-order valence-corrected chi connectivity index (χ1v) is 17.2. The topological polar surface area (TPSA) is 90.2 Å². The average molecular weight is 614 g/mol. The van der Waals surface area contributed by atoms with Crippen LogP contribution in [0.3, 0.4) is 0 Å². The summed E-state index contributed by atoms with van der Waals surface area (Å²) in [4.78, 5) is 0. The zero-order valence-electron chi connectivity index (χ0n) is 28.7. The summed E-state index contributed by atoms with van der Waals surface area (Å²) < 4.78 is 6.14. The van der Waals surface area contributed by atoms with E-state index in [1.807, 2.05) is 52.0 Å². The van der Waals surface area contributed by atoms with Crippen molar-refractivity contribution in [3.05, 3.63) is 64.2 Å². The lowest BCUT2D eigenvalue weighted by molar-refractivity contribution is 0.418. The number of hydrogen-bond acceptors (Lipinski definition) is 5. The first kappa shape index (κ1) is 36.9. The van der Waals surface area contributed by atoms with Crippen LogP contribution in [-0.4, -0.2) is 41.4 Å². The molecular formula is C38H56B2O5. The van der Waals surface area contributed by atoms with Crippen molar-refractivity contribution >= 4 is 25.2 Å². The molecular weight excluding hydrogens is 558 g/mol. The molecule has 0 saturated carbocycles. The summed E-state index contributed by atoms with van der Waals surface area (Å²) in [5.74, 6) is 0.760. The lowest BCUT2D eigenvalue weighted by Gasteiger charge is -2.22. The predicted molar refractivity (Wildman–Crippen MR) is 192 cm³/mol. The van der Waals surface area contributed by atoms with E-state index in [1.54, 1.807) is 7.11 Å². The number of unbranched alkanes of at least 4 members (excludes halogenated alkanes) is 12. The number of ether oxygens (including phenoxy) is 1. The van der Waals surface area contributed by atoms with Gasteiger partial charge in [-0.15, -0.1) is 0 Å². The van der Waals surface area contributed by atoms with E-state index in [2.05, 4.69) is 19.1 Å². The molecule has 3 rings (SSSR count). The van der Waals surface area contributed by atoms with Crippen LogP contribution in [0, 0.1) is 27.7 Å². The van der Waals surface area contributed by atoms with Crippen LogP contribution in [0.4, 0.5) is 0 Å². The first-order chi connectivity index (χ1) is 21.6. The van der Waals surface area contributed by atoms with Crippen LogP contribution in [0.1, 0.15) is 118 Å². The molecule has 0 heterocycles. The highest BCUT2D eigenvalue weighted by Crippen LogP contribution is 2.44. The minimum absolute atomic E-state index is 0.473. The van der Waals surface area contributed by atoms with Crippen molar-refractivity contribution in [1.82, 2.24) is 0 Å². The van der Waals surface area contributed by atoms with Gasteiger partial charge in [0.1, 0.15) is 5.75 Å². The summed E-state index contributed by atoms with van der Waals surface area (Å²) in [7, 11) is -1.36. The second-order valence-electron chi connectivity index (χ2n) is 13.0. The van der Waals surface area contributed by atoms with Crippen LogP contribution in [-0.2, 0) is 6.42 Å². The highest BCUT2D eigenvalue weighted by Gasteiger charge is 2.23. The molecule has 3 aromatic carbocycles. The predicted octanol–water partition coefficient (Wildman–Crippen LogP) is 7.26. The minimum atomic E-state index is -1.53. The molecule has 0 saturated heterocycles. The Bertz CT molecular complexity index is 1240. The zero-order chi connectivity index (χ0) is 32.9. The van der Waals surface area contributed by atoms with Crippen molar-refractivity contribution < 1.29 is 24.8 Å². The summed E-state index contributed by atoms with van der Waals surface area (Å²) in [6.45, 7) is 10.3. The molecule has 3 aromatic rings. The second kappa shape index (κ2) is 18.5. The molecule has 0 atom stereocenters. The van der Waals surface area contributed by atoms with E-state index in [1.165, 1.54) is 82.6 Å². The van der Waals surface area contributed by atoms with Gasteiger partial charge >= 0.3 is 14.2 Å². The maximum atomic E-state index is 9.84. The molecule has 0 aliphatic carbocycles. The number of aryl methyl sites for hydroxylation is 5. The highest BCUT2D eigenvalue weighted by molar-refractivity contribution is 6.59. The Labute approximate surface area is 273 Å². The molecule has 0 fully saturated rings. The highest BCUT2D eigenvalue weighted by atomic mass is 16.5. The van der Waals surface area contributed by atoms with E-state index >= 15 is 0 Å². The van der Waals surface area contributed by atoms with E-state index < -0.39 is 14.2 Å². The van der Waals surface area contributed by atoms with E-state index in [4.69, 9.17) is 4.74 Å². The molecule has 0 aliphatic rings. The lowest BCUT2D eigenvalue weighted by Crippen LogP contribution is -2.30. The van der Waals surface area contributed by atoms with Gasteiger partial charge in [-0.05, 0) is 103 Å². The molecule has 45 heavy (non-hydrogen) atoms. The van der Waals surface area contributed by atoms with Crippen LogP contribution in [0.15, 0.2) is 36.4 Å². The van der Waals surface area contributed by atoms with Crippen molar-refractivity contribution in [2.75, 3.05) is 7.11 Å². The standard InChI is InChI=1S/C38H56B2O5/c1-7-8-9-10-11-12-13-14-15-16-17-18-19-20-31-25-34(36-27(2)21-32(39(41)42)22-28(36)3)38(45-6)35(26-31)37-29(4)23-33(40(43)44)24-30(37)5/h21-26,41-44H,7-20H2,1-6H3. The number of methoxy groups -OCH3 is 1.